The molecule has 26 heavy (non-hydrogen) atoms. The third kappa shape index (κ3) is 4.17. The Morgan fingerprint density at radius 3 is 2.35 bits per heavy atom. The van der Waals surface area contributed by atoms with E-state index >= 15 is 0 Å². The second-order valence-corrected chi connectivity index (χ2v) is 6.24. The molecule has 0 aromatic heterocycles. The molecule has 0 aliphatic rings. The van der Waals surface area contributed by atoms with E-state index in [1.54, 1.807) is 12.1 Å². The van der Waals surface area contributed by atoms with Crippen LogP contribution in [0.3, 0.4) is 0 Å². The first-order chi connectivity index (χ1) is 12.4. The first kappa shape index (κ1) is 19.8. The minimum Gasteiger partial charge on any atom is -0.489 e. The van der Waals surface area contributed by atoms with Crippen molar-refractivity contribution in [2.45, 2.75) is 47.1 Å². The van der Waals surface area contributed by atoms with Gasteiger partial charge >= 0.3 is 6.09 Å². The van der Waals surface area contributed by atoms with Gasteiger partial charge in [-0.3, -0.25) is 5.21 Å². The first-order valence-electron chi connectivity index (χ1n) is 8.83. The minimum atomic E-state index is -0.833. The Morgan fingerprint density at radius 2 is 1.73 bits per heavy atom. The largest absolute Gasteiger partial charge is 0.489 e. The molecule has 5 nitrogen and oxygen atoms in total. The topological polar surface area (TPSA) is 59.0 Å². The van der Waals surface area contributed by atoms with Crippen molar-refractivity contribution in [1.82, 2.24) is 0 Å². The number of methoxy groups -OCH3 is 1. The van der Waals surface area contributed by atoms with Crippen LogP contribution in [0.2, 0.25) is 0 Å². The van der Waals surface area contributed by atoms with Crippen molar-refractivity contribution >= 4 is 11.8 Å². The van der Waals surface area contributed by atoms with Crippen LogP contribution < -0.4 is 9.80 Å². The van der Waals surface area contributed by atoms with Crippen molar-refractivity contribution in [1.29, 1.82) is 0 Å². The van der Waals surface area contributed by atoms with Gasteiger partial charge in [0.05, 0.1) is 12.8 Å². The van der Waals surface area contributed by atoms with E-state index in [1.165, 1.54) is 18.2 Å². The summed E-state index contributed by atoms with van der Waals surface area (Å²) in [5.41, 5.74) is 5.68. The number of rotatable bonds is 6. The Kier molecular flexibility index (Phi) is 6.64. The highest BCUT2D eigenvalue weighted by Gasteiger charge is 2.20. The molecule has 0 atom stereocenters. The van der Waals surface area contributed by atoms with Gasteiger partial charge in [0.15, 0.2) is 0 Å². The van der Waals surface area contributed by atoms with Gasteiger partial charge in [0.2, 0.25) is 0 Å². The van der Waals surface area contributed by atoms with E-state index < -0.39 is 6.09 Å². The molecule has 1 amide bonds. The second kappa shape index (κ2) is 8.72. The van der Waals surface area contributed by atoms with Crippen molar-refractivity contribution in [3.8, 4) is 5.75 Å². The molecular weight excluding hydrogens is 330 g/mol. The average Bonchev–Trinajstić information content (AvgIpc) is 2.66. The summed E-state index contributed by atoms with van der Waals surface area (Å²) in [6.07, 6.45) is 0.794. The zero-order valence-electron chi connectivity index (χ0n) is 16.1. The van der Waals surface area contributed by atoms with E-state index in [9.17, 15) is 10.0 Å². The number of nitrogens with zero attached hydrogens (tertiary/aromatic N) is 1. The van der Waals surface area contributed by atoms with Crippen LogP contribution >= 0.6 is 0 Å². The molecule has 0 fully saturated rings. The highest BCUT2D eigenvalue weighted by atomic mass is 16.6. The molecule has 0 bridgehead atoms. The fourth-order valence-corrected chi connectivity index (χ4v) is 2.91. The number of amides is 1. The van der Waals surface area contributed by atoms with E-state index in [1.807, 2.05) is 19.1 Å². The summed E-state index contributed by atoms with van der Waals surface area (Å²) in [4.78, 5) is 11.7. The van der Waals surface area contributed by atoms with Gasteiger partial charge in [0, 0.05) is 5.56 Å². The number of carbonyl (C=O) groups excluding carboxylic acids is 1. The molecule has 0 aliphatic heterocycles. The monoisotopic (exact) mass is 357 g/mol. The molecule has 140 valence electrons. The van der Waals surface area contributed by atoms with Crippen LogP contribution in [0.4, 0.5) is 10.5 Å². The summed E-state index contributed by atoms with van der Waals surface area (Å²) < 4.78 is 10.7. The first-order valence-corrected chi connectivity index (χ1v) is 8.83. The van der Waals surface area contributed by atoms with Crippen LogP contribution in [0.25, 0.3) is 0 Å². The zero-order valence-corrected chi connectivity index (χ0v) is 16.1. The number of hydrogen-bond acceptors (Lipinski definition) is 4. The maximum Gasteiger partial charge on any atom is 0.438 e. The van der Waals surface area contributed by atoms with Crippen molar-refractivity contribution < 1.29 is 19.5 Å². The van der Waals surface area contributed by atoms with Crippen molar-refractivity contribution in [2.24, 2.45) is 0 Å². The summed E-state index contributed by atoms with van der Waals surface area (Å²) >= 11 is 0. The van der Waals surface area contributed by atoms with E-state index in [0.29, 0.717) is 10.8 Å². The predicted octanol–water partition coefficient (Wildman–Crippen LogP) is 4.97. The van der Waals surface area contributed by atoms with Crippen molar-refractivity contribution in [2.75, 3.05) is 12.2 Å². The maximum absolute atomic E-state index is 11.7. The number of aryl methyl sites for hydroxylation is 4. The van der Waals surface area contributed by atoms with E-state index in [2.05, 4.69) is 31.6 Å². The summed E-state index contributed by atoms with van der Waals surface area (Å²) in [7, 11) is 1.23. The normalized spacial score (nSPS) is 10.5. The third-order valence-corrected chi connectivity index (χ3v) is 4.63. The average molecular weight is 357 g/mol. The van der Waals surface area contributed by atoms with Gasteiger partial charge in [-0.05, 0) is 61.1 Å². The van der Waals surface area contributed by atoms with Gasteiger partial charge in [-0.1, -0.05) is 32.0 Å². The Bertz CT molecular complexity index is 786. The quantitative estimate of drug-likeness (QED) is 0.586. The van der Waals surface area contributed by atoms with E-state index in [0.717, 1.165) is 35.3 Å². The van der Waals surface area contributed by atoms with Gasteiger partial charge < -0.3 is 9.47 Å². The van der Waals surface area contributed by atoms with Crippen molar-refractivity contribution in [3.63, 3.8) is 0 Å². The molecule has 1 N–H and O–H groups in total. The number of hydroxylamine groups is 1. The smallest absolute Gasteiger partial charge is 0.438 e. The van der Waals surface area contributed by atoms with Gasteiger partial charge in [0.1, 0.15) is 12.4 Å². The molecule has 0 saturated carbocycles. The van der Waals surface area contributed by atoms with E-state index in [4.69, 9.17) is 4.74 Å². The molecule has 0 unspecified atom stereocenters. The molecule has 0 spiro atoms. The lowest BCUT2D eigenvalue weighted by atomic mass is 10.0. The fourth-order valence-electron chi connectivity index (χ4n) is 2.91. The van der Waals surface area contributed by atoms with Crippen LogP contribution in [-0.4, -0.2) is 18.4 Å². The number of anilines is 1. The van der Waals surface area contributed by atoms with Gasteiger partial charge in [-0.15, -0.1) is 0 Å². The lowest BCUT2D eigenvalue weighted by Crippen LogP contribution is -2.28. The summed E-state index contributed by atoms with van der Waals surface area (Å²) in [5.74, 6) is 0.829. The molecular formula is C21H27NO4. The Hall–Kier alpha value is -2.53. The van der Waals surface area contributed by atoms with Crippen LogP contribution in [0.1, 0.15) is 41.7 Å². The van der Waals surface area contributed by atoms with Crippen molar-refractivity contribution in [3.05, 3.63) is 58.1 Å². The fraction of sp³-hybridized carbons (Fsp3) is 0.381. The highest BCUT2D eigenvalue weighted by molar-refractivity contribution is 5.86. The number of benzene rings is 2. The lowest BCUT2D eigenvalue weighted by molar-refractivity contribution is 0.140. The molecule has 2 aromatic carbocycles. The third-order valence-electron chi connectivity index (χ3n) is 4.63. The van der Waals surface area contributed by atoms with Crippen LogP contribution in [0.5, 0.6) is 5.75 Å². The predicted molar refractivity (Wildman–Crippen MR) is 102 cm³/mol. The molecule has 0 aliphatic carbocycles. The molecule has 0 saturated heterocycles. The van der Waals surface area contributed by atoms with Gasteiger partial charge in [-0.2, -0.15) is 5.06 Å². The van der Waals surface area contributed by atoms with Crippen LogP contribution in [0.15, 0.2) is 30.3 Å². The Labute approximate surface area is 155 Å². The molecule has 2 aromatic rings. The maximum atomic E-state index is 11.7. The van der Waals surface area contributed by atoms with Crippen LogP contribution in [0, 0.1) is 13.8 Å². The molecule has 0 heterocycles. The summed E-state index contributed by atoms with van der Waals surface area (Å²) in [6, 6.07) is 9.63. The number of carbonyl (C=O) groups is 1. The second-order valence-electron chi connectivity index (χ2n) is 6.24. The zero-order chi connectivity index (χ0) is 19.3. The number of ether oxygens (including phenoxy) is 2. The number of hydrogen-bond donors (Lipinski definition) is 1. The van der Waals surface area contributed by atoms with Gasteiger partial charge in [-0.25, -0.2) is 4.79 Å². The van der Waals surface area contributed by atoms with Gasteiger partial charge in [0.25, 0.3) is 0 Å². The minimum absolute atomic E-state index is 0.253. The highest BCUT2D eigenvalue weighted by Crippen LogP contribution is 2.29. The summed E-state index contributed by atoms with van der Waals surface area (Å²) in [5, 5.41) is 10.7. The Morgan fingerprint density at radius 1 is 1.08 bits per heavy atom. The van der Waals surface area contributed by atoms with Crippen LogP contribution in [-0.2, 0) is 24.2 Å². The SMILES string of the molecule is CCc1cc(C)c(C)cc1OCc1c(CC)cccc1N(O)C(=O)OC. The lowest BCUT2D eigenvalue weighted by Gasteiger charge is -2.21. The molecule has 2 rings (SSSR count). The summed E-state index contributed by atoms with van der Waals surface area (Å²) in [6.45, 7) is 8.51. The Balaban J connectivity index is 2.37. The van der Waals surface area contributed by atoms with E-state index in [-0.39, 0.29) is 6.61 Å². The molecule has 0 radical (unpaired) electrons. The molecule has 5 heteroatoms. The standard InChI is InChI=1S/C21H27NO4/c1-6-16-9-8-10-19(22(24)21(23)25-5)18(16)13-26-20-12-15(4)14(3)11-17(20)7-2/h8-12,24H,6-7,13H2,1-5H3.